The molecule has 0 radical (unpaired) electrons. The van der Waals surface area contributed by atoms with E-state index in [4.69, 9.17) is 0 Å². The second-order valence-electron chi connectivity index (χ2n) is 5.33. The van der Waals surface area contributed by atoms with Crippen molar-refractivity contribution in [1.82, 2.24) is 0 Å². The van der Waals surface area contributed by atoms with Crippen molar-refractivity contribution in [3.63, 3.8) is 0 Å². The Morgan fingerprint density at radius 2 is 1.85 bits per heavy atom. The van der Waals surface area contributed by atoms with Crippen LogP contribution in [0.3, 0.4) is 0 Å². The summed E-state index contributed by atoms with van der Waals surface area (Å²) in [4.78, 5) is 24.5. The lowest BCUT2D eigenvalue weighted by atomic mass is 9.76. The first-order chi connectivity index (χ1) is 9.29. The van der Waals surface area contributed by atoms with E-state index in [1.807, 2.05) is 44.4 Å². The van der Waals surface area contributed by atoms with Crippen LogP contribution in [0, 0.1) is 11.3 Å². The molecule has 0 heterocycles. The molecular weight excluding hydrogens is 274 g/mol. The first-order valence-electron chi connectivity index (χ1n) is 6.47. The highest BCUT2D eigenvalue weighted by molar-refractivity contribution is 7.98. The SMILES string of the molecule is CSc1ccc(NC(=O)CC(C)(C(=O)O)C(C)C)cc1. The molecule has 110 valence electrons. The number of nitrogens with one attached hydrogen (secondary N) is 1. The number of carbonyl (C=O) groups is 2. The number of rotatable bonds is 6. The van der Waals surface area contributed by atoms with Crippen molar-refractivity contribution in [1.29, 1.82) is 0 Å². The van der Waals surface area contributed by atoms with E-state index in [1.54, 1.807) is 18.7 Å². The molecule has 0 aliphatic rings. The molecule has 0 fully saturated rings. The summed E-state index contributed by atoms with van der Waals surface area (Å²) in [6.07, 6.45) is 1.94. The van der Waals surface area contributed by atoms with Crippen LogP contribution in [0.2, 0.25) is 0 Å². The van der Waals surface area contributed by atoms with Crippen LogP contribution in [0.1, 0.15) is 27.2 Å². The Morgan fingerprint density at radius 3 is 2.25 bits per heavy atom. The number of aliphatic carboxylic acids is 1. The molecule has 2 N–H and O–H groups in total. The number of hydrogen-bond acceptors (Lipinski definition) is 3. The fraction of sp³-hybridized carbons (Fsp3) is 0.467. The van der Waals surface area contributed by atoms with E-state index in [-0.39, 0.29) is 18.2 Å². The largest absolute Gasteiger partial charge is 0.481 e. The van der Waals surface area contributed by atoms with Crippen LogP contribution in [-0.4, -0.2) is 23.2 Å². The van der Waals surface area contributed by atoms with E-state index in [0.717, 1.165) is 4.90 Å². The van der Waals surface area contributed by atoms with Gasteiger partial charge in [0.25, 0.3) is 0 Å². The molecule has 5 heteroatoms. The summed E-state index contributed by atoms with van der Waals surface area (Å²) < 4.78 is 0. The predicted molar refractivity (Wildman–Crippen MR) is 82.1 cm³/mol. The highest BCUT2D eigenvalue weighted by Gasteiger charge is 2.38. The number of carboxylic acids is 1. The van der Waals surface area contributed by atoms with Crippen LogP contribution in [0.15, 0.2) is 29.2 Å². The summed E-state index contributed by atoms with van der Waals surface area (Å²) in [5.74, 6) is -1.34. The number of hydrogen-bond donors (Lipinski definition) is 2. The number of carbonyl (C=O) groups excluding carboxylic acids is 1. The average Bonchev–Trinajstić information content (AvgIpc) is 2.38. The third kappa shape index (κ3) is 4.00. The predicted octanol–water partition coefficient (Wildman–Crippen LogP) is 3.48. The zero-order chi connectivity index (χ0) is 15.3. The first kappa shape index (κ1) is 16.6. The van der Waals surface area contributed by atoms with E-state index < -0.39 is 11.4 Å². The molecule has 0 spiro atoms. The van der Waals surface area contributed by atoms with Crippen molar-refractivity contribution in [3.8, 4) is 0 Å². The molecule has 1 atom stereocenters. The van der Waals surface area contributed by atoms with Gasteiger partial charge in [-0.3, -0.25) is 9.59 Å². The molecule has 1 aromatic carbocycles. The molecule has 1 aromatic rings. The third-order valence-electron chi connectivity index (χ3n) is 3.66. The van der Waals surface area contributed by atoms with Crippen molar-refractivity contribution in [3.05, 3.63) is 24.3 Å². The molecule has 0 aliphatic heterocycles. The Bertz CT molecular complexity index is 484. The molecule has 0 aliphatic carbocycles. The summed E-state index contributed by atoms with van der Waals surface area (Å²) in [6, 6.07) is 7.46. The number of carboxylic acid groups (broad SMARTS) is 1. The highest BCUT2D eigenvalue weighted by Crippen LogP contribution is 2.31. The summed E-state index contributed by atoms with van der Waals surface area (Å²) in [5, 5.41) is 12.1. The number of benzene rings is 1. The normalized spacial score (nSPS) is 13.8. The molecule has 1 amide bonds. The van der Waals surface area contributed by atoms with E-state index >= 15 is 0 Å². The van der Waals surface area contributed by atoms with Gasteiger partial charge in [-0.25, -0.2) is 0 Å². The van der Waals surface area contributed by atoms with E-state index in [9.17, 15) is 14.7 Å². The first-order valence-corrected chi connectivity index (χ1v) is 7.69. The highest BCUT2D eigenvalue weighted by atomic mass is 32.2. The maximum absolute atomic E-state index is 12.0. The lowest BCUT2D eigenvalue weighted by Crippen LogP contribution is -2.37. The van der Waals surface area contributed by atoms with Gasteiger partial charge in [0, 0.05) is 17.0 Å². The molecule has 1 rings (SSSR count). The summed E-state index contributed by atoms with van der Waals surface area (Å²) in [5.41, 5.74) is -0.368. The smallest absolute Gasteiger partial charge is 0.310 e. The van der Waals surface area contributed by atoms with Gasteiger partial charge in [-0.1, -0.05) is 13.8 Å². The number of thioether (sulfide) groups is 1. The Balaban J connectivity index is 2.73. The molecule has 1 unspecified atom stereocenters. The Morgan fingerprint density at radius 1 is 1.30 bits per heavy atom. The second-order valence-corrected chi connectivity index (χ2v) is 6.21. The third-order valence-corrected chi connectivity index (χ3v) is 4.41. The molecule has 4 nitrogen and oxygen atoms in total. The van der Waals surface area contributed by atoms with Gasteiger partial charge in [0.15, 0.2) is 0 Å². The standard InChI is InChI=1S/C15H21NO3S/c1-10(2)15(3,14(18)19)9-13(17)16-11-5-7-12(20-4)8-6-11/h5-8,10H,9H2,1-4H3,(H,16,17)(H,18,19). The average molecular weight is 295 g/mol. The van der Waals surface area contributed by atoms with Gasteiger partial charge in [0.05, 0.1) is 5.41 Å². The fourth-order valence-corrected chi connectivity index (χ4v) is 2.15. The van der Waals surface area contributed by atoms with E-state index in [2.05, 4.69) is 5.32 Å². The minimum atomic E-state index is -1.05. The second kappa shape index (κ2) is 6.79. The van der Waals surface area contributed by atoms with Gasteiger partial charge in [-0.2, -0.15) is 0 Å². The lowest BCUT2D eigenvalue weighted by Gasteiger charge is -2.28. The number of amides is 1. The Hall–Kier alpha value is -1.49. The summed E-state index contributed by atoms with van der Waals surface area (Å²) >= 11 is 1.62. The van der Waals surface area contributed by atoms with Crippen molar-refractivity contribution < 1.29 is 14.7 Å². The molecule has 0 saturated heterocycles. The van der Waals surface area contributed by atoms with E-state index in [1.165, 1.54) is 0 Å². The van der Waals surface area contributed by atoms with Gasteiger partial charge >= 0.3 is 5.97 Å². The molecule has 0 bridgehead atoms. The molecule has 20 heavy (non-hydrogen) atoms. The lowest BCUT2D eigenvalue weighted by molar-refractivity contribution is -0.153. The quantitative estimate of drug-likeness (QED) is 0.788. The van der Waals surface area contributed by atoms with Crippen molar-refractivity contribution in [2.24, 2.45) is 11.3 Å². The fourth-order valence-electron chi connectivity index (χ4n) is 1.74. The van der Waals surface area contributed by atoms with Gasteiger partial charge in [0.1, 0.15) is 0 Å². The zero-order valence-corrected chi connectivity index (χ0v) is 13.1. The van der Waals surface area contributed by atoms with Crippen molar-refractivity contribution in [2.75, 3.05) is 11.6 Å². The molecule has 0 aromatic heterocycles. The van der Waals surface area contributed by atoms with Gasteiger partial charge < -0.3 is 10.4 Å². The van der Waals surface area contributed by atoms with Gasteiger partial charge in [-0.05, 0) is 43.4 Å². The van der Waals surface area contributed by atoms with Crippen LogP contribution in [0.25, 0.3) is 0 Å². The Kier molecular flexibility index (Phi) is 5.62. The minimum Gasteiger partial charge on any atom is -0.481 e. The van der Waals surface area contributed by atoms with Crippen molar-refractivity contribution >= 4 is 29.3 Å². The van der Waals surface area contributed by atoms with Crippen LogP contribution >= 0.6 is 11.8 Å². The summed E-state index contributed by atoms with van der Waals surface area (Å²) in [7, 11) is 0. The maximum atomic E-state index is 12.0. The zero-order valence-electron chi connectivity index (χ0n) is 12.3. The van der Waals surface area contributed by atoms with Crippen LogP contribution < -0.4 is 5.32 Å². The van der Waals surface area contributed by atoms with Gasteiger partial charge in [0.2, 0.25) is 5.91 Å². The monoisotopic (exact) mass is 295 g/mol. The van der Waals surface area contributed by atoms with E-state index in [0.29, 0.717) is 5.69 Å². The number of anilines is 1. The maximum Gasteiger partial charge on any atom is 0.310 e. The van der Waals surface area contributed by atoms with Crippen LogP contribution in [0.4, 0.5) is 5.69 Å². The summed E-state index contributed by atoms with van der Waals surface area (Å²) in [6.45, 7) is 5.24. The van der Waals surface area contributed by atoms with Crippen molar-refractivity contribution in [2.45, 2.75) is 32.1 Å². The van der Waals surface area contributed by atoms with Gasteiger partial charge in [-0.15, -0.1) is 11.8 Å². The Labute approximate surface area is 124 Å². The van der Waals surface area contributed by atoms with Crippen LogP contribution in [-0.2, 0) is 9.59 Å². The van der Waals surface area contributed by atoms with Crippen LogP contribution in [0.5, 0.6) is 0 Å². The molecule has 0 saturated carbocycles. The molecular formula is C15H21NO3S. The topological polar surface area (TPSA) is 66.4 Å². The minimum absolute atomic E-state index is 0.0374.